The van der Waals surface area contributed by atoms with E-state index in [0.717, 1.165) is 11.3 Å². The second-order valence-electron chi connectivity index (χ2n) is 6.74. The Labute approximate surface area is 184 Å². The Hall–Kier alpha value is -2.64. The smallest absolute Gasteiger partial charge is 0.242 e. The van der Waals surface area contributed by atoms with Crippen LogP contribution in [0.5, 0.6) is 17.2 Å². The van der Waals surface area contributed by atoms with Crippen LogP contribution in [0.3, 0.4) is 0 Å². The zero-order chi connectivity index (χ0) is 21.5. The third kappa shape index (κ3) is 6.18. The summed E-state index contributed by atoms with van der Waals surface area (Å²) in [4.78, 5) is 24.0. The number of ether oxygens (including phenoxy) is 3. The molecule has 1 aliphatic heterocycles. The summed E-state index contributed by atoms with van der Waals surface area (Å²) in [5, 5.41) is 1.03. The van der Waals surface area contributed by atoms with Gasteiger partial charge in [-0.1, -0.05) is 23.2 Å². The zero-order valence-corrected chi connectivity index (χ0v) is 17.9. The maximum atomic E-state index is 12.1. The van der Waals surface area contributed by atoms with E-state index in [4.69, 9.17) is 37.4 Å². The molecule has 30 heavy (non-hydrogen) atoms. The Morgan fingerprint density at radius 2 is 1.83 bits per heavy atom. The number of carbonyl (C=O) groups is 2. The van der Waals surface area contributed by atoms with Crippen LogP contribution in [0.25, 0.3) is 0 Å². The summed E-state index contributed by atoms with van der Waals surface area (Å²) in [7, 11) is 0. The second kappa shape index (κ2) is 10.4. The third-order valence-corrected chi connectivity index (χ3v) is 4.82. The van der Waals surface area contributed by atoms with Gasteiger partial charge in [0, 0.05) is 11.4 Å². The maximum Gasteiger partial charge on any atom is 0.242 e. The highest BCUT2D eigenvalue weighted by atomic mass is 35.5. The lowest BCUT2D eigenvalue weighted by atomic mass is 10.1. The predicted octanol–water partition coefficient (Wildman–Crippen LogP) is 3.62. The Balaban J connectivity index is 1.37. The molecule has 1 aliphatic rings. The standard InChI is InChI=1S/C21H22Cl2N2O5/c1-13-9-15(22)4-5-17(13)28-6-2-3-19(26)24-25-20(27)12-14-10-16(23)21-18(11-14)29-7-8-30-21/h4-5,9-11H,2-3,6-8,12H2,1H3,(H,24,26)(H,25,27). The van der Waals surface area contributed by atoms with Gasteiger partial charge in [0.1, 0.15) is 19.0 Å². The van der Waals surface area contributed by atoms with Crippen LogP contribution in [0.15, 0.2) is 30.3 Å². The van der Waals surface area contributed by atoms with Crippen LogP contribution in [0, 0.1) is 6.92 Å². The van der Waals surface area contributed by atoms with Gasteiger partial charge in [-0.2, -0.15) is 0 Å². The van der Waals surface area contributed by atoms with Crippen LogP contribution >= 0.6 is 23.2 Å². The van der Waals surface area contributed by atoms with E-state index in [0.29, 0.717) is 53.3 Å². The molecule has 160 valence electrons. The molecule has 0 unspecified atom stereocenters. The number of nitrogens with one attached hydrogen (secondary N) is 2. The molecule has 0 radical (unpaired) electrons. The van der Waals surface area contributed by atoms with Crippen molar-refractivity contribution in [3.05, 3.63) is 51.5 Å². The van der Waals surface area contributed by atoms with Gasteiger partial charge >= 0.3 is 0 Å². The number of hydrazine groups is 1. The first-order valence-electron chi connectivity index (χ1n) is 9.47. The summed E-state index contributed by atoms with van der Waals surface area (Å²) < 4.78 is 16.6. The monoisotopic (exact) mass is 452 g/mol. The van der Waals surface area contributed by atoms with Gasteiger partial charge in [0.2, 0.25) is 11.8 Å². The molecule has 1 heterocycles. The van der Waals surface area contributed by atoms with E-state index in [9.17, 15) is 9.59 Å². The van der Waals surface area contributed by atoms with Gasteiger partial charge in [0.05, 0.1) is 18.1 Å². The lowest BCUT2D eigenvalue weighted by molar-refractivity contribution is -0.128. The molecule has 9 heteroatoms. The van der Waals surface area contributed by atoms with Crippen LogP contribution in [0.1, 0.15) is 24.0 Å². The predicted molar refractivity (Wildman–Crippen MR) is 113 cm³/mol. The lowest BCUT2D eigenvalue weighted by Gasteiger charge is -2.20. The van der Waals surface area contributed by atoms with Crippen molar-refractivity contribution in [1.82, 2.24) is 10.9 Å². The quantitative estimate of drug-likeness (QED) is 0.494. The zero-order valence-electron chi connectivity index (χ0n) is 16.4. The highest BCUT2D eigenvalue weighted by Gasteiger charge is 2.17. The Morgan fingerprint density at radius 3 is 2.63 bits per heavy atom. The number of fused-ring (bicyclic) bond motifs is 1. The molecule has 0 fully saturated rings. The normalized spacial score (nSPS) is 12.2. The average molecular weight is 453 g/mol. The van der Waals surface area contributed by atoms with Gasteiger partial charge in [-0.05, 0) is 54.8 Å². The third-order valence-electron chi connectivity index (χ3n) is 4.31. The van der Waals surface area contributed by atoms with Gasteiger partial charge in [0.15, 0.2) is 11.5 Å². The van der Waals surface area contributed by atoms with E-state index < -0.39 is 0 Å². The molecule has 2 aromatic rings. The molecule has 2 aromatic carbocycles. The molecule has 0 atom stereocenters. The van der Waals surface area contributed by atoms with Crippen LogP contribution in [0.4, 0.5) is 0 Å². The number of rotatable bonds is 7. The minimum Gasteiger partial charge on any atom is -0.493 e. The molecule has 0 bridgehead atoms. The van der Waals surface area contributed by atoms with Crippen LogP contribution in [0.2, 0.25) is 10.0 Å². The van der Waals surface area contributed by atoms with Gasteiger partial charge in [0.25, 0.3) is 0 Å². The Kier molecular flexibility index (Phi) is 7.65. The largest absolute Gasteiger partial charge is 0.493 e. The fourth-order valence-electron chi connectivity index (χ4n) is 2.89. The lowest BCUT2D eigenvalue weighted by Crippen LogP contribution is -2.42. The Bertz CT molecular complexity index is 936. The fraction of sp³-hybridized carbons (Fsp3) is 0.333. The highest BCUT2D eigenvalue weighted by Crippen LogP contribution is 2.38. The summed E-state index contributed by atoms with van der Waals surface area (Å²) in [6, 6.07) is 8.71. The van der Waals surface area contributed by atoms with E-state index >= 15 is 0 Å². The van der Waals surface area contributed by atoms with Crippen molar-refractivity contribution < 1.29 is 23.8 Å². The first-order chi connectivity index (χ1) is 14.4. The minimum absolute atomic E-state index is 0.0373. The number of hydrogen-bond acceptors (Lipinski definition) is 5. The summed E-state index contributed by atoms with van der Waals surface area (Å²) in [6.45, 7) is 3.14. The van der Waals surface area contributed by atoms with Crippen molar-refractivity contribution in [1.29, 1.82) is 0 Å². The van der Waals surface area contributed by atoms with Crippen LogP contribution in [-0.4, -0.2) is 31.6 Å². The molecular weight excluding hydrogens is 431 g/mol. The number of amides is 2. The van der Waals surface area contributed by atoms with Crippen molar-refractivity contribution in [3.8, 4) is 17.2 Å². The minimum atomic E-state index is -0.371. The molecule has 0 aromatic heterocycles. The highest BCUT2D eigenvalue weighted by molar-refractivity contribution is 6.32. The average Bonchev–Trinajstić information content (AvgIpc) is 2.71. The molecule has 0 aliphatic carbocycles. The summed E-state index contributed by atoms with van der Waals surface area (Å²) in [6.07, 6.45) is 0.750. The van der Waals surface area contributed by atoms with Gasteiger partial charge in [-0.3, -0.25) is 20.4 Å². The van der Waals surface area contributed by atoms with E-state index in [-0.39, 0.29) is 24.7 Å². The SMILES string of the molecule is Cc1cc(Cl)ccc1OCCCC(=O)NNC(=O)Cc1cc(Cl)c2c(c1)OCCO2. The van der Waals surface area contributed by atoms with Crippen molar-refractivity contribution in [2.45, 2.75) is 26.2 Å². The van der Waals surface area contributed by atoms with Crippen LogP contribution in [-0.2, 0) is 16.0 Å². The molecule has 2 N–H and O–H groups in total. The van der Waals surface area contributed by atoms with E-state index in [2.05, 4.69) is 10.9 Å². The first kappa shape index (κ1) is 22.1. The van der Waals surface area contributed by atoms with Crippen molar-refractivity contribution in [3.63, 3.8) is 0 Å². The van der Waals surface area contributed by atoms with Gasteiger partial charge in [-0.15, -0.1) is 0 Å². The van der Waals surface area contributed by atoms with Gasteiger partial charge in [-0.25, -0.2) is 0 Å². The maximum absolute atomic E-state index is 12.1. The summed E-state index contributed by atoms with van der Waals surface area (Å²) in [5.41, 5.74) is 6.38. The first-order valence-corrected chi connectivity index (χ1v) is 10.2. The van der Waals surface area contributed by atoms with Crippen molar-refractivity contribution >= 4 is 35.0 Å². The topological polar surface area (TPSA) is 85.9 Å². The summed E-state index contributed by atoms with van der Waals surface area (Å²) in [5.74, 6) is 1.04. The van der Waals surface area contributed by atoms with Crippen molar-refractivity contribution in [2.75, 3.05) is 19.8 Å². The van der Waals surface area contributed by atoms with Crippen LogP contribution < -0.4 is 25.1 Å². The molecule has 0 saturated heterocycles. The fourth-order valence-corrected chi connectivity index (χ4v) is 3.40. The Morgan fingerprint density at radius 1 is 1.07 bits per heavy atom. The second-order valence-corrected chi connectivity index (χ2v) is 7.58. The number of aryl methyl sites for hydroxylation is 1. The molecule has 0 spiro atoms. The molecular formula is C21H22Cl2N2O5. The van der Waals surface area contributed by atoms with Crippen molar-refractivity contribution in [2.24, 2.45) is 0 Å². The number of carbonyl (C=O) groups excluding carboxylic acids is 2. The molecule has 0 saturated carbocycles. The van der Waals surface area contributed by atoms with E-state index in [1.165, 1.54) is 0 Å². The molecule has 3 rings (SSSR count). The number of hydrogen-bond donors (Lipinski definition) is 2. The number of benzene rings is 2. The van der Waals surface area contributed by atoms with Gasteiger partial charge < -0.3 is 14.2 Å². The van der Waals surface area contributed by atoms with E-state index in [1.807, 2.05) is 13.0 Å². The summed E-state index contributed by atoms with van der Waals surface area (Å²) >= 11 is 12.1. The van der Waals surface area contributed by atoms with E-state index in [1.54, 1.807) is 24.3 Å². The molecule has 2 amide bonds. The molecule has 7 nitrogen and oxygen atoms in total. The number of halogens is 2.